The number of hydrogen-bond acceptors (Lipinski definition) is 3. The van der Waals surface area contributed by atoms with Crippen LogP contribution in [-0.4, -0.2) is 17.5 Å². The predicted octanol–water partition coefficient (Wildman–Crippen LogP) is 3.55. The molecular formula is C15H22N2S. The molecule has 1 unspecified atom stereocenters. The molecule has 0 heterocycles. The van der Waals surface area contributed by atoms with Crippen LogP contribution in [0.1, 0.15) is 32.8 Å². The Bertz CT molecular complexity index is 383. The molecule has 98 valence electrons. The van der Waals surface area contributed by atoms with Crippen molar-refractivity contribution in [2.24, 2.45) is 0 Å². The number of nitrogens with one attached hydrogen (secondary N) is 1. The van der Waals surface area contributed by atoms with Gasteiger partial charge in [0.1, 0.15) is 5.54 Å². The molecule has 0 aliphatic heterocycles. The summed E-state index contributed by atoms with van der Waals surface area (Å²) in [5.74, 6) is 0.783. The van der Waals surface area contributed by atoms with Gasteiger partial charge >= 0.3 is 0 Å². The molecule has 3 heteroatoms. The van der Waals surface area contributed by atoms with Gasteiger partial charge in [-0.2, -0.15) is 17.0 Å². The Morgan fingerprint density at radius 1 is 1.33 bits per heavy atom. The first-order valence-electron chi connectivity index (χ1n) is 6.48. The summed E-state index contributed by atoms with van der Waals surface area (Å²) in [6.45, 7) is 7.31. The van der Waals surface area contributed by atoms with E-state index in [0.717, 1.165) is 24.3 Å². The summed E-state index contributed by atoms with van der Waals surface area (Å²) in [6, 6.07) is 12.5. The Hall–Kier alpha value is -0.980. The van der Waals surface area contributed by atoms with Gasteiger partial charge in [-0.05, 0) is 23.8 Å². The van der Waals surface area contributed by atoms with Gasteiger partial charge in [-0.15, -0.1) is 0 Å². The number of nitrogens with zero attached hydrogens (tertiary/aromatic N) is 1. The molecule has 1 N–H and O–H groups in total. The van der Waals surface area contributed by atoms with Crippen LogP contribution in [0.3, 0.4) is 0 Å². The molecule has 0 fully saturated rings. The van der Waals surface area contributed by atoms with E-state index in [1.807, 2.05) is 42.1 Å². The van der Waals surface area contributed by atoms with Crippen LogP contribution in [0.4, 0.5) is 0 Å². The number of thioether (sulfide) groups is 1. The van der Waals surface area contributed by atoms with Gasteiger partial charge in [0.15, 0.2) is 0 Å². The fraction of sp³-hybridized carbons (Fsp3) is 0.533. The molecule has 0 aliphatic carbocycles. The number of rotatable bonds is 7. The van der Waals surface area contributed by atoms with Crippen LogP contribution in [0.5, 0.6) is 0 Å². The third-order valence-electron chi connectivity index (χ3n) is 2.77. The Kier molecular flexibility index (Phi) is 6.24. The molecule has 0 saturated carbocycles. The monoisotopic (exact) mass is 262 g/mol. The van der Waals surface area contributed by atoms with Gasteiger partial charge in [0.2, 0.25) is 0 Å². The highest BCUT2D eigenvalue weighted by atomic mass is 32.2. The van der Waals surface area contributed by atoms with Crippen molar-refractivity contribution in [1.82, 2.24) is 5.32 Å². The zero-order valence-corrected chi connectivity index (χ0v) is 12.3. The van der Waals surface area contributed by atoms with Gasteiger partial charge in [-0.3, -0.25) is 5.32 Å². The van der Waals surface area contributed by atoms with Crippen LogP contribution in [0.2, 0.25) is 0 Å². The lowest BCUT2D eigenvalue weighted by Gasteiger charge is -2.29. The molecule has 1 atom stereocenters. The van der Waals surface area contributed by atoms with Gasteiger partial charge in [0, 0.05) is 5.75 Å². The van der Waals surface area contributed by atoms with E-state index in [2.05, 4.69) is 32.2 Å². The van der Waals surface area contributed by atoms with Crippen LogP contribution in [0, 0.1) is 11.3 Å². The molecule has 2 nitrogen and oxygen atoms in total. The Morgan fingerprint density at radius 2 is 2.00 bits per heavy atom. The fourth-order valence-electron chi connectivity index (χ4n) is 1.73. The van der Waals surface area contributed by atoms with E-state index in [1.165, 1.54) is 0 Å². The van der Waals surface area contributed by atoms with Crippen molar-refractivity contribution in [1.29, 1.82) is 5.26 Å². The fourth-order valence-corrected chi connectivity index (χ4v) is 2.64. The van der Waals surface area contributed by atoms with E-state index < -0.39 is 5.54 Å². The summed E-state index contributed by atoms with van der Waals surface area (Å²) in [5.41, 5.74) is 0.501. The number of nitriles is 1. The van der Waals surface area contributed by atoms with Crippen LogP contribution < -0.4 is 5.32 Å². The van der Waals surface area contributed by atoms with E-state index in [-0.39, 0.29) is 0 Å². The van der Waals surface area contributed by atoms with Crippen molar-refractivity contribution < 1.29 is 0 Å². The lowest BCUT2D eigenvalue weighted by molar-refractivity contribution is 0.473. The molecule has 0 aliphatic rings. The van der Waals surface area contributed by atoms with E-state index in [1.54, 1.807) is 0 Å². The third-order valence-corrected chi connectivity index (χ3v) is 4.03. The molecule has 0 amide bonds. The second kappa shape index (κ2) is 7.45. The second-order valence-corrected chi connectivity index (χ2v) is 6.23. The maximum Gasteiger partial charge on any atom is 0.141 e. The Morgan fingerprint density at radius 3 is 2.50 bits per heavy atom. The molecule has 0 aromatic heterocycles. The van der Waals surface area contributed by atoms with Gasteiger partial charge in [0.25, 0.3) is 0 Å². The third kappa shape index (κ3) is 4.04. The Labute approximate surface area is 115 Å². The summed E-state index contributed by atoms with van der Waals surface area (Å²) in [4.78, 5) is 0. The summed E-state index contributed by atoms with van der Waals surface area (Å²) < 4.78 is 0. The summed E-state index contributed by atoms with van der Waals surface area (Å²) in [6.07, 6.45) is 1.03. The van der Waals surface area contributed by atoms with Gasteiger partial charge < -0.3 is 0 Å². The predicted molar refractivity (Wildman–Crippen MR) is 79.6 cm³/mol. The number of hydrogen-bond donors (Lipinski definition) is 1. The number of benzene rings is 1. The largest absolute Gasteiger partial charge is 0.295 e. The first kappa shape index (κ1) is 15.1. The van der Waals surface area contributed by atoms with Crippen molar-refractivity contribution >= 4 is 11.8 Å². The normalized spacial score (nSPS) is 14.2. The molecule has 1 rings (SSSR count). The molecule has 1 aromatic rings. The van der Waals surface area contributed by atoms with Gasteiger partial charge in [-0.25, -0.2) is 0 Å². The van der Waals surface area contributed by atoms with E-state index in [4.69, 9.17) is 0 Å². The average Bonchev–Trinajstić information content (AvgIpc) is 2.40. The zero-order valence-electron chi connectivity index (χ0n) is 11.4. The lowest BCUT2D eigenvalue weighted by atomic mass is 9.93. The smallest absolute Gasteiger partial charge is 0.141 e. The van der Waals surface area contributed by atoms with Crippen molar-refractivity contribution in [2.45, 2.75) is 38.0 Å². The maximum absolute atomic E-state index is 9.64. The minimum Gasteiger partial charge on any atom is -0.295 e. The minimum atomic E-state index is -0.563. The molecule has 0 bridgehead atoms. The van der Waals surface area contributed by atoms with Crippen molar-refractivity contribution in [3.05, 3.63) is 35.9 Å². The van der Waals surface area contributed by atoms with Crippen molar-refractivity contribution in [2.75, 3.05) is 12.3 Å². The molecule has 0 saturated heterocycles. The van der Waals surface area contributed by atoms with Gasteiger partial charge in [0.05, 0.1) is 6.07 Å². The first-order valence-corrected chi connectivity index (χ1v) is 7.53. The molecule has 0 spiro atoms. The average molecular weight is 262 g/mol. The summed E-state index contributed by atoms with van der Waals surface area (Å²) in [5, 5.41) is 13.6. The minimum absolute atomic E-state index is 0.532. The summed E-state index contributed by atoms with van der Waals surface area (Å²) in [7, 11) is 0. The van der Waals surface area contributed by atoms with E-state index >= 15 is 0 Å². The highest BCUT2D eigenvalue weighted by Crippen LogP contribution is 2.27. The van der Waals surface area contributed by atoms with Crippen LogP contribution in [0.25, 0.3) is 0 Å². The highest BCUT2D eigenvalue weighted by molar-refractivity contribution is 7.99. The van der Waals surface area contributed by atoms with Gasteiger partial charge in [-0.1, -0.05) is 51.1 Å². The molecule has 18 heavy (non-hydrogen) atoms. The Balaban J connectivity index is 2.95. The maximum atomic E-state index is 9.64. The lowest BCUT2D eigenvalue weighted by Crippen LogP contribution is -2.44. The van der Waals surface area contributed by atoms with Crippen molar-refractivity contribution in [3.63, 3.8) is 0 Å². The molecule has 0 radical (unpaired) electrons. The van der Waals surface area contributed by atoms with E-state index in [0.29, 0.717) is 5.25 Å². The zero-order chi connectivity index (χ0) is 13.4. The molecular weight excluding hydrogens is 240 g/mol. The van der Waals surface area contributed by atoms with E-state index in [9.17, 15) is 5.26 Å². The quantitative estimate of drug-likeness (QED) is 0.816. The highest BCUT2D eigenvalue weighted by Gasteiger charge is 2.31. The van der Waals surface area contributed by atoms with Crippen LogP contribution >= 0.6 is 11.8 Å². The topological polar surface area (TPSA) is 35.8 Å². The second-order valence-electron chi connectivity index (χ2n) is 4.67. The van der Waals surface area contributed by atoms with Crippen molar-refractivity contribution in [3.8, 4) is 6.07 Å². The SMILES string of the molecule is CCCNC(C#N)(CSC(C)C)c1ccccc1. The first-order chi connectivity index (χ1) is 8.64. The summed E-state index contributed by atoms with van der Waals surface area (Å²) >= 11 is 1.82. The van der Waals surface area contributed by atoms with Crippen LogP contribution in [0.15, 0.2) is 30.3 Å². The molecule has 1 aromatic carbocycles. The van der Waals surface area contributed by atoms with Crippen LogP contribution in [-0.2, 0) is 5.54 Å². The standard InChI is InChI=1S/C15H22N2S/c1-4-10-17-15(11-16,12-18-13(2)3)14-8-6-5-7-9-14/h5-9,13,17H,4,10,12H2,1-3H3.